The first-order chi connectivity index (χ1) is 50.3. The predicted molar refractivity (Wildman–Crippen MR) is 435 cm³/mol. The van der Waals surface area contributed by atoms with E-state index >= 15 is 0 Å². The first kappa shape index (κ1) is 72.0. The Hall–Kier alpha value is -11.0. The molecule has 0 amide bonds. The lowest BCUT2D eigenvalue weighted by atomic mass is 9.87. The van der Waals surface area contributed by atoms with Gasteiger partial charge in [0.1, 0.15) is 33.6 Å². The molecule has 12 heteroatoms. The standard InChI is InChI=1S/C32H30N3O.C32H38N3O.C30H34N3O/c1-21-19-25-29(36-31(33-25)32(2,3)4)20-24(21)30-34(5)27-17-11-12-18-28(27)35(30)26-16-10-9-15-23(26)22-13-7-6-8-14-22;1-19(2)22-13-12-14-23(20(3)4)29(22)35-27-16-11-10-15-26(27)34(9)30(35)24-18-28-25(17-21(24)5)33-31(36-28)32(6,7)8;1-19-17-23-26(34-28(31-23)30(5,6)7)18-22(19)27-32(8)24-11-9-10-12-25(24)33(27)21-15-13-20(14-16-21)29(2,3)4/h6-20H,1-5H3;10-20H,1-9H3;9-18H,1-8H3/q3*+1. The van der Waals surface area contributed by atoms with Crippen molar-refractivity contribution in [3.8, 4) is 62.4 Å². The number of fused-ring (bicyclic) bond motifs is 6. The third kappa shape index (κ3) is 13.1. The minimum Gasteiger partial charge on any atom is -0.440 e. The maximum Gasteiger partial charge on any atom is 0.295 e. The van der Waals surface area contributed by atoms with Crippen LogP contribution in [0.25, 0.3) is 129 Å². The van der Waals surface area contributed by atoms with Gasteiger partial charge >= 0.3 is 0 Å². The molecule has 0 aliphatic rings. The molecule has 0 aliphatic carbocycles. The van der Waals surface area contributed by atoms with E-state index in [2.05, 4.69) is 386 Å². The second-order valence-corrected chi connectivity index (χ2v) is 33.6. The van der Waals surface area contributed by atoms with Crippen molar-refractivity contribution in [3.05, 3.63) is 257 Å². The predicted octanol–water partition coefficient (Wildman–Crippen LogP) is 22.8. The van der Waals surface area contributed by atoms with E-state index in [1.165, 1.54) is 72.2 Å². The molecule has 0 spiro atoms. The Morgan fingerprint density at radius 1 is 0.340 bits per heavy atom. The van der Waals surface area contributed by atoms with Gasteiger partial charge in [0, 0.05) is 32.9 Å². The number of hydrogen-bond donors (Lipinski definition) is 0. The average Bonchev–Trinajstić information content (AvgIpc) is 1.60. The number of benzene rings is 10. The minimum absolute atomic E-state index is 0.115. The maximum atomic E-state index is 6.30. The van der Waals surface area contributed by atoms with Gasteiger partial charge in [0.05, 0.1) is 37.8 Å². The van der Waals surface area contributed by atoms with Crippen LogP contribution in [0.1, 0.15) is 174 Å². The van der Waals surface area contributed by atoms with E-state index in [1.807, 2.05) is 0 Å². The molecule has 538 valence electrons. The summed E-state index contributed by atoms with van der Waals surface area (Å²) in [4.78, 5) is 14.4. The Morgan fingerprint density at radius 2 is 0.689 bits per heavy atom. The van der Waals surface area contributed by atoms with Crippen LogP contribution in [0, 0.1) is 20.8 Å². The lowest BCUT2D eigenvalue weighted by molar-refractivity contribution is -0.634. The van der Waals surface area contributed by atoms with Crippen molar-refractivity contribution in [1.82, 2.24) is 28.7 Å². The molecule has 16 aromatic rings. The number of aryl methyl sites for hydroxylation is 6. The molecule has 12 nitrogen and oxygen atoms in total. The fourth-order valence-electron chi connectivity index (χ4n) is 14.9. The van der Waals surface area contributed by atoms with Crippen LogP contribution in [0.15, 0.2) is 220 Å². The van der Waals surface area contributed by atoms with Crippen LogP contribution >= 0.6 is 0 Å². The zero-order valence-corrected chi connectivity index (χ0v) is 66.0. The summed E-state index contributed by atoms with van der Waals surface area (Å²) in [6, 6.07) is 73.8. The summed E-state index contributed by atoms with van der Waals surface area (Å²) >= 11 is 0. The number of rotatable bonds is 9. The molecule has 16 rings (SSSR count). The second kappa shape index (κ2) is 27.2. The van der Waals surface area contributed by atoms with Crippen LogP contribution in [0.2, 0.25) is 0 Å². The van der Waals surface area contributed by atoms with Crippen molar-refractivity contribution < 1.29 is 27.0 Å². The molecule has 0 N–H and O–H groups in total. The number of nitrogens with zero attached hydrogens (tertiary/aromatic N) is 9. The minimum atomic E-state index is -0.152. The smallest absolute Gasteiger partial charge is 0.295 e. The van der Waals surface area contributed by atoms with Gasteiger partial charge in [0.15, 0.2) is 49.8 Å². The molecule has 0 radical (unpaired) electrons. The van der Waals surface area contributed by atoms with Crippen molar-refractivity contribution in [3.63, 3.8) is 0 Å². The molecule has 0 saturated carbocycles. The summed E-state index contributed by atoms with van der Waals surface area (Å²) < 4.78 is 32.9. The third-order valence-corrected chi connectivity index (χ3v) is 20.7. The largest absolute Gasteiger partial charge is 0.440 e. The van der Waals surface area contributed by atoms with Gasteiger partial charge in [0.25, 0.3) is 17.5 Å². The second-order valence-electron chi connectivity index (χ2n) is 33.6. The number of aromatic nitrogens is 9. The highest BCUT2D eigenvalue weighted by Gasteiger charge is 2.36. The highest BCUT2D eigenvalue weighted by Crippen LogP contribution is 2.42. The number of oxazole rings is 3. The summed E-state index contributed by atoms with van der Waals surface area (Å²) in [5.74, 6) is 6.46. The molecule has 106 heavy (non-hydrogen) atoms. The van der Waals surface area contributed by atoms with E-state index in [9.17, 15) is 0 Å². The summed E-state index contributed by atoms with van der Waals surface area (Å²) in [6.07, 6.45) is 0. The molecule has 0 unspecified atom stereocenters. The fourth-order valence-corrected chi connectivity index (χ4v) is 14.9. The van der Waals surface area contributed by atoms with E-state index in [1.54, 1.807) is 0 Å². The van der Waals surface area contributed by atoms with Crippen molar-refractivity contribution in [2.24, 2.45) is 21.1 Å². The zero-order chi connectivity index (χ0) is 75.4. The molecule has 0 atom stereocenters. The fraction of sp³-hybridized carbons (Fsp3) is 0.298. The molecule has 10 aromatic carbocycles. The highest BCUT2D eigenvalue weighted by molar-refractivity contribution is 5.89. The maximum absolute atomic E-state index is 6.30. The molecule has 6 aromatic heterocycles. The van der Waals surface area contributed by atoms with Crippen LogP contribution in [0.4, 0.5) is 0 Å². The van der Waals surface area contributed by atoms with Gasteiger partial charge in [-0.25, -0.2) is 28.7 Å². The van der Waals surface area contributed by atoms with Crippen molar-refractivity contribution in [2.75, 3.05) is 0 Å². The first-order valence-electron chi connectivity index (χ1n) is 37.4. The van der Waals surface area contributed by atoms with E-state index in [4.69, 9.17) is 28.2 Å². The molecule has 0 bridgehead atoms. The Labute approximate surface area is 624 Å². The zero-order valence-electron chi connectivity index (χ0n) is 66.0. The topological polar surface area (TPSA) is 105 Å². The molecular weight excluding hydrogens is 1300 g/mol. The number of imidazole rings is 3. The third-order valence-electron chi connectivity index (χ3n) is 20.7. The Kier molecular flexibility index (Phi) is 18.5. The molecule has 0 fully saturated rings. The van der Waals surface area contributed by atoms with Crippen LogP contribution in [-0.4, -0.2) is 28.7 Å². The van der Waals surface area contributed by atoms with Crippen molar-refractivity contribution in [1.29, 1.82) is 0 Å². The van der Waals surface area contributed by atoms with Gasteiger partial charge < -0.3 is 13.3 Å². The number of hydrogen-bond acceptors (Lipinski definition) is 6. The summed E-state index contributed by atoms with van der Waals surface area (Å²) in [7, 11) is 6.46. The Balaban J connectivity index is 0.000000134. The van der Waals surface area contributed by atoms with Gasteiger partial charge in [-0.1, -0.05) is 226 Å². The lowest BCUT2D eigenvalue weighted by Gasteiger charge is -2.18. The Bertz CT molecular complexity index is 5990. The van der Waals surface area contributed by atoms with E-state index in [-0.39, 0.29) is 21.7 Å². The van der Waals surface area contributed by atoms with E-state index < -0.39 is 0 Å². The first-order valence-corrected chi connectivity index (χ1v) is 37.4. The monoisotopic (exact) mass is 1400 g/mol. The average molecular weight is 1410 g/mol. The van der Waals surface area contributed by atoms with Gasteiger partial charge in [-0.15, -0.1) is 0 Å². The highest BCUT2D eigenvalue weighted by atomic mass is 16.4. The van der Waals surface area contributed by atoms with Crippen LogP contribution < -0.4 is 13.7 Å². The van der Waals surface area contributed by atoms with Crippen molar-refractivity contribution in [2.45, 2.75) is 165 Å². The summed E-state index contributed by atoms with van der Waals surface area (Å²) in [6.45, 7) is 41.6. The summed E-state index contributed by atoms with van der Waals surface area (Å²) in [5, 5.41) is 0. The Morgan fingerprint density at radius 3 is 1.08 bits per heavy atom. The van der Waals surface area contributed by atoms with Gasteiger partial charge in [-0.05, 0) is 157 Å². The van der Waals surface area contributed by atoms with Gasteiger partial charge in [-0.3, -0.25) is 0 Å². The van der Waals surface area contributed by atoms with Crippen LogP contribution in [-0.2, 0) is 42.8 Å². The van der Waals surface area contributed by atoms with Crippen molar-refractivity contribution >= 4 is 66.4 Å². The molecule has 6 heterocycles. The normalized spacial score (nSPS) is 12.4. The number of para-hydroxylation sites is 8. The van der Waals surface area contributed by atoms with Crippen LogP contribution in [0.5, 0.6) is 0 Å². The van der Waals surface area contributed by atoms with Crippen LogP contribution in [0.3, 0.4) is 0 Å². The van der Waals surface area contributed by atoms with E-state index in [0.717, 1.165) is 108 Å². The molecule has 0 aliphatic heterocycles. The molecule has 0 saturated heterocycles. The lowest BCUT2D eigenvalue weighted by Crippen LogP contribution is -2.30. The van der Waals surface area contributed by atoms with E-state index in [0.29, 0.717) is 11.8 Å². The summed E-state index contributed by atoms with van der Waals surface area (Å²) in [5.41, 5.74) is 28.9. The van der Waals surface area contributed by atoms with Gasteiger partial charge in [-0.2, -0.15) is 13.7 Å². The quantitative estimate of drug-likeness (QED) is 0.133. The van der Waals surface area contributed by atoms with Gasteiger partial charge in [0.2, 0.25) is 17.7 Å². The SMILES string of the molecule is Cc1cc2nc(C(C)(C)C)oc2cc1-c1n(-c2c(C(C)C)cccc2C(C)C)c2ccccc2[n+]1C.Cc1cc2nc(C(C)(C)C)oc2cc1-c1n(-c2ccc(C(C)(C)C)cc2)c2ccccc2[n+]1C.Cc1cc2nc(C(C)(C)C)oc2cc1-c1n(-c2ccccc2-c2ccccc2)c2ccccc2[n+]1C. The molecular formula is C94H102N9O3+3.